The van der Waals surface area contributed by atoms with Crippen LogP contribution >= 0.6 is 0 Å². The molecule has 1 aromatic rings. The van der Waals surface area contributed by atoms with Crippen molar-refractivity contribution in [2.45, 2.75) is 44.3 Å². The maximum Gasteiger partial charge on any atom is 0.108 e. The van der Waals surface area contributed by atoms with Crippen molar-refractivity contribution in [1.29, 1.82) is 5.26 Å². The van der Waals surface area contributed by atoms with Crippen LogP contribution in [0.25, 0.3) is 0 Å². The first kappa shape index (κ1) is 12.9. The number of H-pyrrole nitrogens is 1. The lowest BCUT2D eigenvalue weighted by Gasteiger charge is -2.28. The summed E-state index contributed by atoms with van der Waals surface area (Å²) in [6.07, 6.45) is 7.89. The summed E-state index contributed by atoms with van der Waals surface area (Å²) in [7, 11) is 1.88. The van der Waals surface area contributed by atoms with Crippen molar-refractivity contribution >= 4 is 5.82 Å². The Hall–Kier alpha value is -1.51. The molecule has 1 atom stereocenters. The predicted molar refractivity (Wildman–Crippen MR) is 71.7 cm³/mol. The van der Waals surface area contributed by atoms with Gasteiger partial charge in [-0.15, -0.1) is 0 Å². The number of nitrogens with zero attached hydrogens (tertiary/aromatic N) is 1. The van der Waals surface area contributed by atoms with E-state index in [2.05, 4.69) is 21.7 Å². The van der Waals surface area contributed by atoms with E-state index in [0.29, 0.717) is 17.4 Å². The fourth-order valence-electron chi connectivity index (χ4n) is 2.67. The molecule has 5 nitrogen and oxygen atoms in total. The lowest BCUT2D eigenvalue weighted by atomic mass is 9.95. The molecule has 1 fully saturated rings. The number of nitrogens with two attached hydrogens (primary N) is 1. The molecule has 98 valence electrons. The quantitative estimate of drug-likeness (QED) is 0.608. The summed E-state index contributed by atoms with van der Waals surface area (Å²) in [4.78, 5) is 2.92. The zero-order valence-corrected chi connectivity index (χ0v) is 10.8. The van der Waals surface area contributed by atoms with E-state index in [1.54, 1.807) is 6.20 Å². The van der Waals surface area contributed by atoms with Crippen molar-refractivity contribution in [2.75, 3.05) is 12.8 Å². The molecule has 1 aromatic heterocycles. The van der Waals surface area contributed by atoms with Crippen LogP contribution in [-0.2, 0) is 0 Å². The first-order chi connectivity index (χ1) is 8.76. The highest BCUT2D eigenvalue weighted by Crippen LogP contribution is 2.25. The van der Waals surface area contributed by atoms with Crippen molar-refractivity contribution < 1.29 is 0 Å². The van der Waals surface area contributed by atoms with Crippen LogP contribution in [0.4, 0.5) is 5.82 Å². The number of nitrogens with one attached hydrogen (secondary N) is 3. The molecule has 1 unspecified atom stereocenters. The van der Waals surface area contributed by atoms with Crippen molar-refractivity contribution in [1.82, 2.24) is 15.6 Å². The third-order valence-electron chi connectivity index (χ3n) is 3.66. The van der Waals surface area contributed by atoms with Crippen LogP contribution in [0.5, 0.6) is 0 Å². The molecule has 0 aromatic carbocycles. The van der Waals surface area contributed by atoms with E-state index in [0.717, 1.165) is 5.56 Å². The van der Waals surface area contributed by atoms with Gasteiger partial charge in [0, 0.05) is 17.8 Å². The minimum absolute atomic E-state index is 0.0611. The van der Waals surface area contributed by atoms with Crippen LogP contribution in [0.3, 0.4) is 0 Å². The number of nitrogen functional groups attached to an aromatic ring is 1. The third kappa shape index (κ3) is 2.66. The second kappa shape index (κ2) is 5.89. The fourth-order valence-corrected chi connectivity index (χ4v) is 2.67. The summed E-state index contributed by atoms with van der Waals surface area (Å²) >= 11 is 0. The molecule has 1 aliphatic carbocycles. The summed E-state index contributed by atoms with van der Waals surface area (Å²) in [5.74, 6) is 0.564. The molecule has 0 saturated heterocycles. The van der Waals surface area contributed by atoms with Crippen molar-refractivity contribution in [2.24, 2.45) is 0 Å². The Morgan fingerprint density at radius 2 is 2.17 bits per heavy atom. The zero-order valence-electron chi connectivity index (χ0n) is 10.8. The lowest BCUT2D eigenvalue weighted by molar-refractivity contribution is 0.321. The summed E-state index contributed by atoms with van der Waals surface area (Å²) < 4.78 is 0. The van der Waals surface area contributed by atoms with Gasteiger partial charge in [0.15, 0.2) is 0 Å². The Bertz CT molecular complexity index is 425. The van der Waals surface area contributed by atoms with Gasteiger partial charge in [-0.2, -0.15) is 5.26 Å². The summed E-state index contributed by atoms with van der Waals surface area (Å²) in [6.45, 7) is 0. The highest BCUT2D eigenvalue weighted by molar-refractivity contribution is 5.52. The van der Waals surface area contributed by atoms with Gasteiger partial charge in [0.2, 0.25) is 0 Å². The summed E-state index contributed by atoms with van der Waals surface area (Å²) in [5.41, 5.74) is 7.36. The Labute approximate surface area is 108 Å². The molecule has 0 bridgehead atoms. The maximum atomic E-state index is 9.10. The number of hydrogen-bond acceptors (Lipinski definition) is 4. The molecular weight excluding hydrogens is 226 g/mol. The molecule has 18 heavy (non-hydrogen) atoms. The highest BCUT2D eigenvalue weighted by Gasteiger charge is 2.22. The Morgan fingerprint density at radius 1 is 1.44 bits per heavy atom. The van der Waals surface area contributed by atoms with E-state index in [1.807, 2.05) is 7.05 Å². The van der Waals surface area contributed by atoms with E-state index in [1.165, 1.54) is 32.1 Å². The minimum atomic E-state index is -0.0611. The SMILES string of the molecule is CNC(NC1CCCCC1)c1c(C#N)c[nH]c1N. The monoisotopic (exact) mass is 247 g/mol. The lowest BCUT2D eigenvalue weighted by Crippen LogP contribution is -2.40. The highest BCUT2D eigenvalue weighted by atomic mass is 15.1. The number of anilines is 1. The van der Waals surface area contributed by atoms with E-state index in [4.69, 9.17) is 11.0 Å². The number of nitriles is 1. The van der Waals surface area contributed by atoms with E-state index in [9.17, 15) is 0 Å². The first-order valence-corrected chi connectivity index (χ1v) is 6.56. The third-order valence-corrected chi connectivity index (χ3v) is 3.66. The van der Waals surface area contributed by atoms with Gasteiger partial charge in [0.05, 0.1) is 11.7 Å². The normalized spacial score (nSPS) is 18.4. The standard InChI is InChI=1S/C13H21N5/c1-16-13(18-10-5-3-2-4-6-10)11-9(7-14)8-17-12(11)15/h8,10,13,16-18H,2-6,15H2,1H3. The summed E-state index contributed by atoms with van der Waals surface area (Å²) in [6, 6.07) is 2.69. The molecule has 5 N–H and O–H groups in total. The smallest absolute Gasteiger partial charge is 0.108 e. The predicted octanol–water partition coefficient (Wildman–Crippen LogP) is 1.61. The van der Waals surface area contributed by atoms with E-state index >= 15 is 0 Å². The zero-order chi connectivity index (χ0) is 13.0. The number of aromatic amines is 1. The molecule has 0 amide bonds. The second-order valence-electron chi connectivity index (χ2n) is 4.86. The first-order valence-electron chi connectivity index (χ1n) is 6.56. The molecule has 1 aliphatic rings. The number of aromatic nitrogens is 1. The van der Waals surface area contributed by atoms with E-state index < -0.39 is 0 Å². The van der Waals surface area contributed by atoms with Crippen LogP contribution < -0.4 is 16.4 Å². The van der Waals surface area contributed by atoms with Gasteiger partial charge in [0.25, 0.3) is 0 Å². The molecule has 1 heterocycles. The van der Waals surface area contributed by atoms with Gasteiger partial charge in [-0.25, -0.2) is 0 Å². The average Bonchev–Trinajstić information content (AvgIpc) is 2.78. The topological polar surface area (TPSA) is 89.7 Å². The van der Waals surface area contributed by atoms with Gasteiger partial charge in [-0.1, -0.05) is 19.3 Å². The van der Waals surface area contributed by atoms with Crippen LogP contribution in [0.15, 0.2) is 6.20 Å². The van der Waals surface area contributed by atoms with Gasteiger partial charge in [-0.3, -0.25) is 5.32 Å². The van der Waals surface area contributed by atoms with Crippen molar-refractivity contribution in [3.05, 3.63) is 17.3 Å². The Morgan fingerprint density at radius 3 is 2.78 bits per heavy atom. The van der Waals surface area contributed by atoms with Crippen molar-refractivity contribution in [3.63, 3.8) is 0 Å². The maximum absolute atomic E-state index is 9.10. The molecule has 0 radical (unpaired) electrons. The fraction of sp³-hybridized carbons (Fsp3) is 0.615. The minimum Gasteiger partial charge on any atom is -0.385 e. The van der Waals surface area contributed by atoms with Crippen LogP contribution in [0, 0.1) is 11.3 Å². The molecule has 5 heteroatoms. The molecular formula is C13H21N5. The Balaban J connectivity index is 2.12. The molecule has 0 aliphatic heterocycles. The van der Waals surface area contributed by atoms with Crippen molar-refractivity contribution in [3.8, 4) is 6.07 Å². The Kier molecular flexibility index (Phi) is 4.24. The van der Waals surface area contributed by atoms with Crippen LogP contribution in [-0.4, -0.2) is 18.1 Å². The summed E-state index contributed by atoms with van der Waals surface area (Å²) in [5, 5.41) is 15.9. The van der Waals surface area contributed by atoms with Gasteiger partial charge in [-0.05, 0) is 19.9 Å². The second-order valence-corrected chi connectivity index (χ2v) is 4.86. The van der Waals surface area contributed by atoms with Gasteiger partial charge >= 0.3 is 0 Å². The van der Waals surface area contributed by atoms with Crippen LogP contribution in [0.1, 0.15) is 49.4 Å². The van der Waals surface area contributed by atoms with E-state index in [-0.39, 0.29) is 6.17 Å². The van der Waals surface area contributed by atoms with Crippen LogP contribution in [0.2, 0.25) is 0 Å². The molecule has 1 saturated carbocycles. The van der Waals surface area contributed by atoms with Gasteiger partial charge in [0.1, 0.15) is 11.9 Å². The molecule has 2 rings (SSSR count). The van der Waals surface area contributed by atoms with Gasteiger partial charge < -0.3 is 16.0 Å². The number of hydrogen-bond donors (Lipinski definition) is 4. The molecule has 0 spiro atoms. The number of rotatable bonds is 4. The average molecular weight is 247 g/mol. The largest absolute Gasteiger partial charge is 0.385 e.